The molecule has 0 radical (unpaired) electrons. The Morgan fingerprint density at radius 3 is 2.61 bits per heavy atom. The minimum atomic E-state index is -0.341. The van der Waals surface area contributed by atoms with E-state index < -0.39 is 0 Å². The third-order valence-electron chi connectivity index (χ3n) is 3.63. The van der Waals surface area contributed by atoms with Crippen LogP contribution in [0.3, 0.4) is 0 Å². The second-order valence-corrected chi connectivity index (χ2v) is 5.74. The number of aromatic nitrogens is 2. The Morgan fingerprint density at radius 2 is 1.96 bits per heavy atom. The summed E-state index contributed by atoms with van der Waals surface area (Å²) < 4.78 is 17.0. The van der Waals surface area contributed by atoms with Crippen LogP contribution in [0, 0.1) is 5.82 Å². The van der Waals surface area contributed by atoms with E-state index in [1.54, 1.807) is 25.1 Å². The highest BCUT2D eigenvalue weighted by atomic mass is 35.5. The van der Waals surface area contributed by atoms with E-state index in [-0.39, 0.29) is 11.6 Å². The van der Waals surface area contributed by atoms with E-state index in [9.17, 15) is 9.18 Å². The highest BCUT2D eigenvalue weighted by molar-refractivity contribution is 6.31. The Morgan fingerprint density at radius 1 is 1.22 bits per heavy atom. The zero-order valence-corrected chi connectivity index (χ0v) is 13.3. The van der Waals surface area contributed by atoms with E-state index in [1.807, 2.05) is 40.0 Å². The zero-order chi connectivity index (χ0) is 16.4. The third kappa shape index (κ3) is 3.48. The molecule has 3 rings (SSSR count). The van der Waals surface area contributed by atoms with Crippen LogP contribution in [0.15, 0.2) is 61.2 Å². The fourth-order valence-electron chi connectivity index (χ4n) is 2.36. The number of benzene rings is 2. The molecule has 1 aromatic heterocycles. The molecule has 0 aliphatic rings. The number of halogens is 2. The molecule has 2 aromatic carbocycles. The van der Waals surface area contributed by atoms with Crippen molar-refractivity contribution in [2.45, 2.75) is 13.5 Å². The second-order valence-electron chi connectivity index (χ2n) is 5.33. The van der Waals surface area contributed by atoms with Gasteiger partial charge in [0, 0.05) is 11.1 Å². The first-order chi connectivity index (χ1) is 11.0. The van der Waals surface area contributed by atoms with Crippen LogP contribution in [0.1, 0.15) is 22.8 Å². The lowest BCUT2D eigenvalue weighted by atomic mass is 10.1. The molecule has 23 heavy (non-hydrogen) atoms. The van der Waals surface area contributed by atoms with Gasteiger partial charge in [-0.2, -0.15) is 0 Å². The first-order valence-corrected chi connectivity index (χ1v) is 7.53. The molecule has 0 fully saturated rings. The summed E-state index contributed by atoms with van der Waals surface area (Å²) in [5.74, 6) is -0.294. The molecule has 0 saturated heterocycles. The van der Waals surface area contributed by atoms with Crippen LogP contribution in [0.25, 0.3) is 5.69 Å². The highest BCUT2D eigenvalue weighted by Crippen LogP contribution is 2.17. The first kappa shape index (κ1) is 15.4. The lowest BCUT2D eigenvalue weighted by molar-refractivity contribution is -0.687. The third-order valence-corrected chi connectivity index (χ3v) is 3.98. The zero-order valence-electron chi connectivity index (χ0n) is 12.5. The van der Waals surface area contributed by atoms with Crippen LogP contribution < -0.4 is 4.57 Å². The summed E-state index contributed by atoms with van der Waals surface area (Å²) in [6.45, 7) is 2.10. The molecule has 0 bridgehead atoms. The summed E-state index contributed by atoms with van der Waals surface area (Å²) >= 11 is 6.06. The lowest BCUT2D eigenvalue weighted by Crippen LogP contribution is -2.31. The van der Waals surface area contributed by atoms with Gasteiger partial charge >= 0.3 is 0 Å². The molecule has 3 aromatic rings. The fraction of sp³-hybridized carbons (Fsp3) is 0.111. The first-order valence-electron chi connectivity index (χ1n) is 7.15. The van der Waals surface area contributed by atoms with Gasteiger partial charge in [0.25, 0.3) is 0 Å². The van der Waals surface area contributed by atoms with Gasteiger partial charge in [-0.3, -0.25) is 4.79 Å². The van der Waals surface area contributed by atoms with Crippen LogP contribution in [0.5, 0.6) is 0 Å². The van der Waals surface area contributed by atoms with Crippen molar-refractivity contribution in [3.8, 4) is 5.69 Å². The van der Waals surface area contributed by atoms with Gasteiger partial charge in [-0.25, -0.2) is 13.5 Å². The largest absolute Gasteiger partial charge is 0.295 e. The van der Waals surface area contributed by atoms with E-state index in [2.05, 4.69) is 0 Å². The molecule has 0 atom stereocenters. The van der Waals surface area contributed by atoms with E-state index >= 15 is 0 Å². The molecule has 5 heteroatoms. The van der Waals surface area contributed by atoms with E-state index in [0.717, 1.165) is 11.3 Å². The number of ketones is 1. The maximum Gasteiger partial charge on any atom is 0.249 e. The Kier molecular flexibility index (Phi) is 4.26. The Balaban J connectivity index is 1.81. The van der Waals surface area contributed by atoms with Crippen molar-refractivity contribution < 1.29 is 13.8 Å². The monoisotopic (exact) mass is 329 g/mol. The maximum atomic E-state index is 13.1. The second kappa shape index (κ2) is 6.34. The van der Waals surface area contributed by atoms with Crippen molar-refractivity contribution in [2.75, 3.05) is 0 Å². The summed E-state index contributed by atoms with van der Waals surface area (Å²) in [4.78, 5) is 11.3. The molecule has 0 N–H and O–H groups in total. The topological polar surface area (TPSA) is 25.9 Å². The van der Waals surface area contributed by atoms with Crippen LogP contribution >= 0.6 is 11.6 Å². The summed E-state index contributed by atoms with van der Waals surface area (Å²) in [6.07, 6.45) is 5.75. The molecular weight excluding hydrogens is 315 g/mol. The van der Waals surface area contributed by atoms with Crippen LogP contribution in [0.2, 0.25) is 5.02 Å². The van der Waals surface area contributed by atoms with Crippen molar-refractivity contribution in [1.82, 2.24) is 4.57 Å². The predicted octanol–water partition coefficient (Wildman–Crippen LogP) is 3.81. The summed E-state index contributed by atoms with van der Waals surface area (Å²) in [5.41, 5.74) is 2.49. The molecule has 1 heterocycles. The van der Waals surface area contributed by atoms with Gasteiger partial charge in [0.15, 0.2) is 5.78 Å². The fourth-order valence-corrected chi connectivity index (χ4v) is 2.58. The average Bonchev–Trinajstić information content (AvgIpc) is 2.99. The van der Waals surface area contributed by atoms with Crippen LogP contribution in [0.4, 0.5) is 4.39 Å². The summed E-state index contributed by atoms with van der Waals surface area (Å²) in [7, 11) is 0. The van der Waals surface area contributed by atoms with Crippen molar-refractivity contribution in [3.63, 3.8) is 0 Å². The van der Waals surface area contributed by atoms with Gasteiger partial charge in [-0.1, -0.05) is 17.7 Å². The van der Waals surface area contributed by atoms with Gasteiger partial charge in [0.05, 0.1) is 5.02 Å². The van der Waals surface area contributed by atoms with Gasteiger partial charge in [0.2, 0.25) is 6.33 Å². The van der Waals surface area contributed by atoms with Gasteiger partial charge in [-0.15, -0.1) is 0 Å². The lowest BCUT2D eigenvalue weighted by Gasteiger charge is -2.01. The minimum Gasteiger partial charge on any atom is -0.295 e. The average molecular weight is 330 g/mol. The van der Waals surface area contributed by atoms with Crippen molar-refractivity contribution >= 4 is 17.4 Å². The van der Waals surface area contributed by atoms with Crippen molar-refractivity contribution in [3.05, 3.63) is 83.2 Å². The number of Topliss-reactive ketones (excluding diaryl/α,β-unsaturated/α-hetero) is 1. The van der Waals surface area contributed by atoms with E-state index in [4.69, 9.17) is 11.6 Å². The molecule has 116 valence electrons. The molecule has 0 saturated carbocycles. The van der Waals surface area contributed by atoms with Crippen LogP contribution in [-0.2, 0) is 6.54 Å². The van der Waals surface area contributed by atoms with Crippen molar-refractivity contribution in [1.29, 1.82) is 0 Å². The molecule has 0 aliphatic carbocycles. The number of hydrogen-bond donors (Lipinski definition) is 0. The molecule has 0 unspecified atom stereocenters. The van der Waals surface area contributed by atoms with Gasteiger partial charge < -0.3 is 0 Å². The number of hydrogen-bond acceptors (Lipinski definition) is 1. The number of nitrogens with zero attached hydrogens (tertiary/aromatic N) is 2. The number of carbonyl (C=O) groups is 1. The highest BCUT2D eigenvalue weighted by Gasteiger charge is 2.10. The van der Waals surface area contributed by atoms with Gasteiger partial charge in [0.1, 0.15) is 30.4 Å². The minimum absolute atomic E-state index is 0.0464. The molecule has 0 amide bonds. The molecular formula is C18H15ClFN2O+. The Labute approximate surface area is 138 Å². The predicted molar refractivity (Wildman–Crippen MR) is 86.5 cm³/mol. The van der Waals surface area contributed by atoms with Crippen LogP contribution in [-0.4, -0.2) is 10.4 Å². The summed E-state index contributed by atoms with van der Waals surface area (Å²) in [5, 5.41) is 0.413. The molecule has 3 nitrogen and oxygen atoms in total. The van der Waals surface area contributed by atoms with E-state index in [1.165, 1.54) is 12.1 Å². The van der Waals surface area contributed by atoms with Gasteiger partial charge in [-0.05, 0) is 43.3 Å². The SMILES string of the molecule is CC(=O)c1ccc(-n2cc[n+](Cc3ccc(F)cc3Cl)c2)cc1. The normalized spacial score (nSPS) is 10.7. The summed E-state index contributed by atoms with van der Waals surface area (Å²) in [6, 6.07) is 11.8. The number of carbonyl (C=O) groups excluding carboxylic acids is 1. The Bertz CT molecular complexity index is 856. The van der Waals surface area contributed by atoms with Crippen molar-refractivity contribution in [2.24, 2.45) is 0 Å². The molecule has 0 aliphatic heterocycles. The van der Waals surface area contributed by atoms with E-state index in [0.29, 0.717) is 17.1 Å². The quantitative estimate of drug-likeness (QED) is 0.528. The Hall–Kier alpha value is -2.46. The smallest absolute Gasteiger partial charge is 0.249 e. The number of imidazole rings is 1. The maximum absolute atomic E-state index is 13.1. The molecule has 0 spiro atoms. The standard InChI is InChI=1S/C18H15ClFN2O/c1-13(23)14-3-6-17(7-4-14)22-9-8-21(12-22)11-15-2-5-16(20)10-18(15)19/h2-10,12H,11H2,1H3/q+1. The number of rotatable bonds is 4.